The fourth-order valence-electron chi connectivity index (χ4n) is 3.06. The zero-order valence-corrected chi connectivity index (χ0v) is 16.8. The number of nitrogens with zero attached hydrogens (tertiary/aromatic N) is 5. The molecule has 4 N–H and O–H groups in total. The largest absolute Gasteiger partial charge is 0.382 e. The number of hydrogen-bond donors (Lipinski definition) is 3. The monoisotopic (exact) mass is 422 g/mol. The van der Waals surface area contributed by atoms with Gasteiger partial charge in [-0.25, -0.2) is 14.4 Å². The van der Waals surface area contributed by atoms with Crippen LogP contribution in [0.3, 0.4) is 0 Å². The van der Waals surface area contributed by atoms with Crippen molar-refractivity contribution in [3.8, 4) is 22.9 Å². The van der Waals surface area contributed by atoms with Crippen molar-refractivity contribution < 1.29 is 13.7 Å². The van der Waals surface area contributed by atoms with E-state index in [2.05, 4.69) is 30.9 Å². The first kappa shape index (κ1) is 20.0. The van der Waals surface area contributed by atoms with Crippen LogP contribution in [0.4, 0.5) is 21.7 Å². The van der Waals surface area contributed by atoms with Gasteiger partial charge in [0.15, 0.2) is 17.5 Å². The van der Waals surface area contributed by atoms with Crippen molar-refractivity contribution in [3.05, 3.63) is 54.0 Å². The molecule has 10 nitrogen and oxygen atoms in total. The topological polar surface area (TPSA) is 137 Å². The number of anilines is 3. The molecule has 158 valence electrons. The molecule has 11 heteroatoms. The maximum Gasteiger partial charge on any atom is 0.221 e. The number of hydrogen-bond acceptors (Lipinski definition) is 8. The highest BCUT2D eigenvalue weighted by Crippen LogP contribution is 2.30. The molecule has 0 spiro atoms. The van der Waals surface area contributed by atoms with Crippen LogP contribution in [0, 0.1) is 5.82 Å². The van der Waals surface area contributed by atoms with Crippen LogP contribution in [0.5, 0.6) is 0 Å². The summed E-state index contributed by atoms with van der Waals surface area (Å²) in [6.07, 6.45) is 1.44. The van der Waals surface area contributed by atoms with Gasteiger partial charge in [-0.1, -0.05) is 23.4 Å². The average molecular weight is 422 g/mol. The van der Waals surface area contributed by atoms with Crippen LogP contribution in [0.25, 0.3) is 22.9 Å². The summed E-state index contributed by atoms with van der Waals surface area (Å²) in [6, 6.07) is 9.83. The second-order valence-corrected chi connectivity index (χ2v) is 6.64. The fourth-order valence-corrected chi connectivity index (χ4v) is 3.06. The first-order valence-electron chi connectivity index (χ1n) is 9.31. The van der Waals surface area contributed by atoms with Gasteiger partial charge < -0.3 is 20.9 Å². The number of rotatable bonds is 6. The maximum atomic E-state index is 14.2. The lowest BCUT2D eigenvalue weighted by molar-refractivity contribution is -0.114. The molecule has 0 aliphatic carbocycles. The molecular formula is C20H19FN8O2. The van der Waals surface area contributed by atoms with Gasteiger partial charge in [0.25, 0.3) is 0 Å². The molecule has 0 aliphatic rings. The Morgan fingerprint density at radius 2 is 2.03 bits per heavy atom. The van der Waals surface area contributed by atoms with Gasteiger partial charge >= 0.3 is 0 Å². The summed E-state index contributed by atoms with van der Waals surface area (Å²) >= 11 is 0. The van der Waals surface area contributed by atoms with Crippen molar-refractivity contribution in [2.45, 2.75) is 13.5 Å². The average Bonchev–Trinajstić information content (AvgIpc) is 3.40. The molecule has 0 aliphatic heterocycles. The van der Waals surface area contributed by atoms with E-state index in [1.54, 1.807) is 42.1 Å². The smallest absolute Gasteiger partial charge is 0.221 e. The molecule has 1 aromatic carbocycles. The third kappa shape index (κ3) is 4.06. The van der Waals surface area contributed by atoms with Crippen molar-refractivity contribution in [1.82, 2.24) is 24.9 Å². The Labute approximate surface area is 176 Å². The molecule has 31 heavy (non-hydrogen) atoms. The number of carbonyl (C=O) groups is 1. The minimum atomic E-state index is -0.344. The maximum absolute atomic E-state index is 14.2. The van der Waals surface area contributed by atoms with Crippen molar-refractivity contribution >= 4 is 23.2 Å². The van der Waals surface area contributed by atoms with Crippen molar-refractivity contribution in [3.63, 3.8) is 0 Å². The van der Waals surface area contributed by atoms with Crippen molar-refractivity contribution in [2.24, 2.45) is 0 Å². The highest BCUT2D eigenvalue weighted by molar-refractivity contribution is 5.95. The summed E-state index contributed by atoms with van der Waals surface area (Å²) in [6.45, 7) is 1.52. The van der Waals surface area contributed by atoms with E-state index in [-0.39, 0.29) is 35.6 Å². The van der Waals surface area contributed by atoms with Gasteiger partial charge in [0.1, 0.15) is 29.2 Å². The number of carbonyl (C=O) groups excluding carboxylic acids is 1. The Kier molecular flexibility index (Phi) is 5.31. The standard InChI is InChI=1S/C20H19FN8O2/c1-11(30)24-17-18(22)25-19(26-20(17)23-2)15-9-16(14-7-8-31-28-14)29(27-15)10-12-5-3-4-6-13(12)21/h3-9H,10H2,1-2H3,(H,24,30)(H3,22,23,25,26). The highest BCUT2D eigenvalue weighted by Gasteiger charge is 2.20. The zero-order valence-electron chi connectivity index (χ0n) is 16.8. The number of nitrogens with two attached hydrogens (primary N) is 1. The molecule has 0 atom stereocenters. The molecule has 0 unspecified atom stereocenters. The molecule has 1 amide bonds. The Bertz CT molecular complexity index is 1240. The minimum Gasteiger partial charge on any atom is -0.382 e. The van der Waals surface area contributed by atoms with Gasteiger partial charge in [-0.15, -0.1) is 0 Å². The fraction of sp³-hybridized carbons (Fsp3) is 0.150. The number of nitrogen functional groups attached to an aromatic ring is 1. The quantitative estimate of drug-likeness (QED) is 0.431. The van der Waals surface area contributed by atoms with Crippen LogP contribution in [-0.2, 0) is 11.3 Å². The predicted octanol–water partition coefficient (Wildman–Crippen LogP) is 2.76. The third-order valence-electron chi connectivity index (χ3n) is 4.46. The lowest BCUT2D eigenvalue weighted by Gasteiger charge is -2.11. The summed E-state index contributed by atoms with van der Waals surface area (Å²) in [5, 5.41) is 14.0. The lowest BCUT2D eigenvalue weighted by atomic mass is 10.2. The van der Waals surface area contributed by atoms with E-state index < -0.39 is 0 Å². The molecule has 0 fully saturated rings. The van der Waals surface area contributed by atoms with Crippen LogP contribution < -0.4 is 16.4 Å². The Balaban J connectivity index is 1.80. The first-order valence-corrected chi connectivity index (χ1v) is 9.31. The Morgan fingerprint density at radius 1 is 1.23 bits per heavy atom. The molecule has 3 aromatic heterocycles. The normalized spacial score (nSPS) is 10.8. The van der Waals surface area contributed by atoms with Crippen LogP contribution in [0.2, 0.25) is 0 Å². The van der Waals surface area contributed by atoms with E-state index in [0.717, 1.165) is 0 Å². The summed E-state index contributed by atoms with van der Waals surface area (Å²) in [4.78, 5) is 20.2. The molecular weight excluding hydrogens is 403 g/mol. The lowest BCUT2D eigenvalue weighted by Crippen LogP contribution is -2.13. The summed E-state index contributed by atoms with van der Waals surface area (Å²) in [5.74, 6) is -0.00109. The van der Waals surface area contributed by atoms with E-state index in [4.69, 9.17) is 10.3 Å². The summed E-state index contributed by atoms with van der Waals surface area (Å²) in [7, 11) is 1.65. The van der Waals surface area contributed by atoms with Crippen LogP contribution >= 0.6 is 0 Å². The van der Waals surface area contributed by atoms with Gasteiger partial charge in [0.05, 0.1) is 12.2 Å². The van der Waals surface area contributed by atoms with Gasteiger partial charge in [0, 0.05) is 25.6 Å². The van der Waals surface area contributed by atoms with Crippen LogP contribution in [0.15, 0.2) is 47.2 Å². The van der Waals surface area contributed by atoms with Crippen LogP contribution in [-0.4, -0.2) is 37.9 Å². The highest BCUT2D eigenvalue weighted by atomic mass is 19.1. The van der Waals surface area contributed by atoms with Crippen molar-refractivity contribution in [1.29, 1.82) is 0 Å². The van der Waals surface area contributed by atoms with E-state index in [0.29, 0.717) is 28.5 Å². The second kappa shape index (κ2) is 8.22. The summed E-state index contributed by atoms with van der Waals surface area (Å²) in [5.41, 5.74) is 8.29. The molecule has 4 rings (SSSR count). The predicted molar refractivity (Wildman–Crippen MR) is 113 cm³/mol. The molecule has 0 saturated carbocycles. The molecule has 4 aromatic rings. The second-order valence-electron chi connectivity index (χ2n) is 6.64. The molecule has 0 saturated heterocycles. The SMILES string of the molecule is CNc1nc(-c2cc(-c3ccon3)n(Cc3ccccc3F)n2)nc(N)c1NC(C)=O. The van der Waals surface area contributed by atoms with Gasteiger partial charge in [0.2, 0.25) is 5.91 Å². The van der Waals surface area contributed by atoms with Gasteiger partial charge in [-0.05, 0) is 12.1 Å². The molecule has 3 heterocycles. The van der Waals surface area contributed by atoms with Gasteiger partial charge in [-0.3, -0.25) is 9.48 Å². The Morgan fingerprint density at radius 3 is 2.71 bits per heavy atom. The summed E-state index contributed by atoms with van der Waals surface area (Å²) < 4.78 is 20.8. The van der Waals surface area contributed by atoms with E-state index in [1.165, 1.54) is 19.3 Å². The van der Waals surface area contributed by atoms with E-state index in [1.807, 2.05) is 0 Å². The van der Waals surface area contributed by atoms with Crippen LogP contribution in [0.1, 0.15) is 12.5 Å². The minimum absolute atomic E-state index is 0.0798. The number of aromatic nitrogens is 5. The zero-order chi connectivity index (χ0) is 22.0. The number of nitrogens with one attached hydrogen (secondary N) is 2. The first-order chi connectivity index (χ1) is 15.0. The number of amides is 1. The molecule has 0 radical (unpaired) electrons. The third-order valence-corrected chi connectivity index (χ3v) is 4.46. The Hall–Kier alpha value is -4.28. The van der Waals surface area contributed by atoms with E-state index >= 15 is 0 Å². The van der Waals surface area contributed by atoms with Gasteiger partial charge in [-0.2, -0.15) is 5.10 Å². The molecule has 0 bridgehead atoms. The number of benzene rings is 1. The number of halogens is 1. The van der Waals surface area contributed by atoms with E-state index in [9.17, 15) is 9.18 Å². The van der Waals surface area contributed by atoms with Crippen molar-refractivity contribution in [2.75, 3.05) is 23.4 Å².